The fourth-order valence-electron chi connectivity index (χ4n) is 1.95. The average Bonchev–Trinajstić information content (AvgIpc) is 2.53. The van der Waals surface area contributed by atoms with Crippen molar-refractivity contribution in [2.45, 2.75) is 13.0 Å². The molecule has 0 heterocycles. The fourth-order valence-corrected chi connectivity index (χ4v) is 2.14. The van der Waals surface area contributed by atoms with Crippen molar-refractivity contribution in [1.82, 2.24) is 5.32 Å². The first-order valence-electron chi connectivity index (χ1n) is 6.93. The zero-order chi connectivity index (χ0) is 16.8. The molecule has 0 aliphatic heterocycles. The maximum atomic E-state index is 12.9. The van der Waals surface area contributed by atoms with E-state index in [4.69, 9.17) is 16.3 Å². The topological polar surface area (TPSA) is 55.4 Å². The van der Waals surface area contributed by atoms with Crippen LogP contribution in [0.1, 0.15) is 28.9 Å². The number of halogens is 2. The molecule has 0 spiro atoms. The van der Waals surface area contributed by atoms with Crippen molar-refractivity contribution in [3.05, 3.63) is 70.5 Å². The van der Waals surface area contributed by atoms with Gasteiger partial charge >= 0.3 is 5.97 Å². The number of hydrogen-bond acceptors (Lipinski definition) is 3. The molecule has 0 aromatic heterocycles. The Labute approximate surface area is 138 Å². The molecule has 0 fully saturated rings. The minimum Gasteiger partial charge on any atom is -0.452 e. The highest BCUT2D eigenvalue weighted by Gasteiger charge is 2.13. The van der Waals surface area contributed by atoms with Gasteiger partial charge in [-0.2, -0.15) is 0 Å². The van der Waals surface area contributed by atoms with Gasteiger partial charge in [-0.25, -0.2) is 9.18 Å². The number of nitrogens with one attached hydrogen (secondary N) is 1. The summed E-state index contributed by atoms with van der Waals surface area (Å²) in [5, 5.41) is 3.08. The van der Waals surface area contributed by atoms with Crippen molar-refractivity contribution in [2.24, 2.45) is 0 Å². The van der Waals surface area contributed by atoms with Crippen LogP contribution in [0, 0.1) is 5.82 Å². The first-order valence-corrected chi connectivity index (χ1v) is 7.31. The van der Waals surface area contributed by atoms with Gasteiger partial charge in [-0.15, -0.1) is 0 Å². The molecule has 23 heavy (non-hydrogen) atoms. The summed E-state index contributed by atoms with van der Waals surface area (Å²) in [6.07, 6.45) is 0. The van der Waals surface area contributed by atoms with Gasteiger partial charge in [0, 0.05) is 5.02 Å². The number of ether oxygens (including phenoxy) is 1. The van der Waals surface area contributed by atoms with E-state index in [1.807, 2.05) is 0 Å². The molecule has 0 bridgehead atoms. The van der Waals surface area contributed by atoms with Gasteiger partial charge in [0.05, 0.1) is 11.6 Å². The lowest BCUT2D eigenvalue weighted by Crippen LogP contribution is -2.31. The number of rotatable bonds is 5. The SMILES string of the molecule is C[C@@H](NC(=O)COC(=O)c1cccc(Cl)c1)c1ccc(F)cc1. The number of carbonyl (C=O) groups is 2. The molecule has 120 valence electrons. The Hall–Kier alpha value is -2.40. The highest BCUT2D eigenvalue weighted by molar-refractivity contribution is 6.30. The molecule has 6 heteroatoms. The molecule has 0 saturated carbocycles. The maximum Gasteiger partial charge on any atom is 0.338 e. The zero-order valence-corrected chi connectivity index (χ0v) is 13.1. The number of carbonyl (C=O) groups excluding carboxylic acids is 2. The first-order chi connectivity index (χ1) is 11.0. The van der Waals surface area contributed by atoms with Crippen LogP contribution in [0.2, 0.25) is 5.02 Å². The Kier molecular flexibility index (Phi) is 5.71. The van der Waals surface area contributed by atoms with Crippen LogP contribution in [0.5, 0.6) is 0 Å². The molecule has 2 rings (SSSR count). The van der Waals surface area contributed by atoms with Gasteiger partial charge in [-0.1, -0.05) is 29.8 Å². The summed E-state index contributed by atoms with van der Waals surface area (Å²) in [6, 6.07) is 11.7. The van der Waals surface area contributed by atoms with Crippen LogP contribution >= 0.6 is 11.6 Å². The lowest BCUT2D eigenvalue weighted by molar-refractivity contribution is -0.124. The third-order valence-corrected chi connectivity index (χ3v) is 3.38. The van der Waals surface area contributed by atoms with Crippen molar-refractivity contribution >= 4 is 23.5 Å². The number of amides is 1. The second-order valence-corrected chi connectivity index (χ2v) is 5.36. The van der Waals surface area contributed by atoms with Gasteiger partial charge in [0.2, 0.25) is 0 Å². The second kappa shape index (κ2) is 7.74. The van der Waals surface area contributed by atoms with Crippen LogP contribution in [0.3, 0.4) is 0 Å². The van der Waals surface area contributed by atoms with Gasteiger partial charge < -0.3 is 10.1 Å². The standard InChI is InChI=1S/C17H15ClFNO3/c1-11(12-5-7-15(19)8-6-12)20-16(21)10-23-17(22)13-3-2-4-14(18)9-13/h2-9,11H,10H2,1H3,(H,20,21)/t11-/m1/s1. The van der Waals surface area contributed by atoms with Gasteiger partial charge in [-0.05, 0) is 42.8 Å². The molecule has 4 nitrogen and oxygen atoms in total. The molecule has 1 N–H and O–H groups in total. The monoisotopic (exact) mass is 335 g/mol. The van der Waals surface area contributed by atoms with Crippen LogP contribution in [-0.2, 0) is 9.53 Å². The summed E-state index contributed by atoms with van der Waals surface area (Å²) >= 11 is 5.79. The molecular formula is C17H15ClFNO3. The van der Waals surface area contributed by atoms with Crippen molar-refractivity contribution in [3.8, 4) is 0 Å². The Bertz CT molecular complexity index is 703. The van der Waals surface area contributed by atoms with Crippen LogP contribution in [0.4, 0.5) is 4.39 Å². The van der Waals surface area contributed by atoms with E-state index in [9.17, 15) is 14.0 Å². The minimum absolute atomic E-state index is 0.275. The Morgan fingerprint density at radius 2 is 1.91 bits per heavy atom. The summed E-state index contributed by atoms with van der Waals surface area (Å²) in [5.41, 5.74) is 1.03. The van der Waals surface area contributed by atoms with E-state index >= 15 is 0 Å². The summed E-state index contributed by atoms with van der Waals surface area (Å²) in [7, 11) is 0. The zero-order valence-electron chi connectivity index (χ0n) is 12.4. The molecule has 0 radical (unpaired) electrons. The summed E-state index contributed by atoms with van der Waals surface area (Å²) in [6.45, 7) is 1.35. The molecule has 2 aromatic rings. The van der Waals surface area contributed by atoms with E-state index < -0.39 is 18.5 Å². The van der Waals surface area contributed by atoms with E-state index in [2.05, 4.69) is 5.32 Å². The Balaban J connectivity index is 1.85. The average molecular weight is 336 g/mol. The van der Waals surface area contributed by atoms with E-state index in [0.29, 0.717) is 5.02 Å². The van der Waals surface area contributed by atoms with Crippen molar-refractivity contribution in [1.29, 1.82) is 0 Å². The number of benzene rings is 2. The normalized spacial score (nSPS) is 11.6. The molecule has 0 aliphatic rings. The van der Waals surface area contributed by atoms with Crippen molar-refractivity contribution in [3.63, 3.8) is 0 Å². The third kappa shape index (κ3) is 5.07. The largest absolute Gasteiger partial charge is 0.452 e. The lowest BCUT2D eigenvalue weighted by Gasteiger charge is -2.14. The number of hydrogen-bond donors (Lipinski definition) is 1. The maximum absolute atomic E-state index is 12.9. The molecular weight excluding hydrogens is 321 g/mol. The molecule has 1 amide bonds. The lowest BCUT2D eigenvalue weighted by atomic mass is 10.1. The van der Waals surface area contributed by atoms with Crippen LogP contribution in [-0.4, -0.2) is 18.5 Å². The quantitative estimate of drug-likeness (QED) is 0.851. The van der Waals surface area contributed by atoms with Crippen molar-refractivity contribution in [2.75, 3.05) is 6.61 Å². The van der Waals surface area contributed by atoms with Gasteiger partial charge in [0.25, 0.3) is 5.91 Å². The van der Waals surface area contributed by atoms with Gasteiger partial charge in [0.1, 0.15) is 5.82 Å². The summed E-state index contributed by atoms with van der Waals surface area (Å²) < 4.78 is 17.8. The molecule has 0 saturated heterocycles. The molecule has 1 atom stereocenters. The highest BCUT2D eigenvalue weighted by Crippen LogP contribution is 2.13. The predicted octanol–water partition coefficient (Wildman–Crippen LogP) is 3.51. The van der Waals surface area contributed by atoms with Gasteiger partial charge in [-0.3, -0.25) is 4.79 Å². The van der Waals surface area contributed by atoms with Gasteiger partial charge in [0.15, 0.2) is 6.61 Å². The first kappa shape index (κ1) is 17.0. The summed E-state index contributed by atoms with van der Waals surface area (Å²) in [4.78, 5) is 23.6. The number of esters is 1. The van der Waals surface area contributed by atoms with E-state index in [-0.39, 0.29) is 17.4 Å². The van der Waals surface area contributed by atoms with E-state index in [0.717, 1.165) is 5.56 Å². The molecule has 0 aliphatic carbocycles. The van der Waals surface area contributed by atoms with E-state index in [1.54, 1.807) is 37.3 Å². The molecule has 0 unspecified atom stereocenters. The van der Waals surface area contributed by atoms with Crippen LogP contribution in [0.25, 0.3) is 0 Å². The third-order valence-electron chi connectivity index (χ3n) is 3.14. The van der Waals surface area contributed by atoms with Crippen molar-refractivity contribution < 1.29 is 18.7 Å². The van der Waals surface area contributed by atoms with Crippen LogP contribution in [0.15, 0.2) is 48.5 Å². The highest BCUT2D eigenvalue weighted by atomic mass is 35.5. The Morgan fingerprint density at radius 3 is 2.57 bits per heavy atom. The summed E-state index contributed by atoms with van der Waals surface area (Å²) in [5.74, 6) is -1.42. The molecule has 2 aromatic carbocycles. The smallest absolute Gasteiger partial charge is 0.338 e. The predicted molar refractivity (Wildman–Crippen MR) is 84.7 cm³/mol. The second-order valence-electron chi connectivity index (χ2n) is 4.93. The fraction of sp³-hybridized carbons (Fsp3) is 0.176. The van der Waals surface area contributed by atoms with E-state index in [1.165, 1.54) is 18.2 Å². The minimum atomic E-state index is -0.628. The Morgan fingerprint density at radius 1 is 1.22 bits per heavy atom. The van der Waals surface area contributed by atoms with Crippen LogP contribution < -0.4 is 5.32 Å².